The Morgan fingerprint density at radius 1 is 1.06 bits per heavy atom. The van der Waals surface area contributed by atoms with Crippen molar-refractivity contribution in [3.05, 3.63) is 93.4 Å². The Hall–Kier alpha value is -3.20. The average Bonchev–Trinajstić information content (AvgIpc) is 2.72. The molecule has 1 N–H and O–H groups in total. The van der Waals surface area contributed by atoms with Crippen molar-refractivity contribution in [1.29, 1.82) is 0 Å². The van der Waals surface area contributed by atoms with Crippen LogP contribution in [-0.2, 0) is 23.5 Å². The number of benzene rings is 2. The first-order valence-corrected chi connectivity index (χ1v) is 10.7. The minimum Gasteiger partial charge on any atom is -0.348 e. The summed E-state index contributed by atoms with van der Waals surface area (Å²) in [5, 5.41) is 2.63. The third-order valence-electron chi connectivity index (χ3n) is 4.66. The van der Waals surface area contributed by atoms with Crippen molar-refractivity contribution in [1.82, 2.24) is 9.88 Å². The van der Waals surface area contributed by atoms with Gasteiger partial charge in [-0.05, 0) is 55.0 Å². The molecular formula is C22H19F3N2O3S. The van der Waals surface area contributed by atoms with Gasteiger partial charge in [0.05, 0.1) is 5.56 Å². The Kier molecular flexibility index (Phi) is 6.45. The highest BCUT2D eigenvalue weighted by Crippen LogP contribution is 2.30. The smallest absolute Gasteiger partial charge is 0.348 e. The zero-order valence-electron chi connectivity index (χ0n) is 16.7. The molecule has 0 radical (unpaired) electrons. The van der Waals surface area contributed by atoms with Gasteiger partial charge in [-0.2, -0.15) is 13.2 Å². The molecule has 0 spiro atoms. The molecule has 1 amide bonds. The predicted molar refractivity (Wildman–Crippen MR) is 112 cm³/mol. The second-order valence-corrected chi connectivity index (χ2v) is 8.24. The molecule has 5 nitrogen and oxygen atoms in total. The van der Waals surface area contributed by atoms with Crippen LogP contribution in [0.25, 0.3) is 5.69 Å². The van der Waals surface area contributed by atoms with E-state index in [-0.39, 0.29) is 17.8 Å². The maximum Gasteiger partial charge on any atom is 0.416 e. The number of amides is 1. The van der Waals surface area contributed by atoms with Crippen LogP contribution in [0.3, 0.4) is 0 Å². The van der Waals surface area contributed by atoms with Gasteiger partial charge in [-0.3, -0.25) is 18.4 Å². The van der Waals surface area contributed by atoms with Gasteiger partial charge in [-0.25, -0.2) is 0 Å². The van der Waals surface area contributed by atoms with E-state index in [0.29, 0.717) is 10.6 Å². The van der Waals surface area contributed by atoms with Gasteiger partial charge in [0, 0.05) is 39.9 Å². The van der Waals surface area contributed by atoms with Crippen LogP contribution in [0.15, 0.2) is 70.4 Å². The Bertz CT molecular complexity index is 1200. The first kappa shape index (κ1) is 22.5. The van der Waals surface area contributed by atoms with Crippen LogP contribution in [0.1, 0.15) is 27.2 Å². The third-order valence-corrected chi connectivity index (χ3v) is 5.60. The fraction of sp³-hybridized carbons (Fsp3) is 0.182. The number of pyridine rings is 1. The van der Waals surface area contributed by atoms with E-state index in [2.05, 4.69) is 5.32 Å². The van der Waals surface area contributed by atoms with Crippen LogP contribution in [0.2, 0.25) is 0 Å². The second kappa shape index (κ2) is 8.89. The molecular weight excluding hydrogens is 429 g/mol. The lowest BCUT2D eigenvalue weighted by atomic mass is 10.1. The second-order valence-electron chi connectivity index (χ2n) is 6.86. The zero-order chi connectivity index (χ0) is 22.8. The molecule has 0 aliphatic carbocycles. The van der Waals surface area contributed by atoms with Crippen LogP contribution in [0.4, 0.5) is 13.2 Å². The molecule has 3 aromatic rings. The molecule has 9 heteroatoms. The molecule has 1 heterocycles. The van der Waals surface area contributed by atoms with E-state index in [1.54, 1.807) is 37.4 Å². The predicted octanol–water partition coefficient (Wildman–Crippen LogP) is 3.83. The van der Waals surface area contributed by atoms with Crippen molar-refractivity contribution in [2.45, 2.75) is 24.5 Å². The highest BCUT2D eigenvalue weighted by Gasteiger charge is 2.30. The normalized spacial score (nSPS) is 12.4. The number of nitrogens with zero attached hydrogens (tertiary/aromatic N) is 1. The number of carbonyl (C=O) groups is 1. The zero-order valence-corrected chi connectivity index (χ0v) is 17.5. The highest BCUT2D eigenvalue weighted by atomic mass is 32.2. The minimum absolute atomic E-state index is 0.0233. The Morgan fingerprint density at radius 3 is 2.35 bits per heavy atom. The van der Waals surface area contributed by atoms with Crippen molar-refractivity contribution in [3.8, 4) is 5.69 Å². The molecule has 162 valence electrons. The number of aryl methyl sites for hydroxylation is 1. The number of aromatic nitrogens is 1. The lowest BCUT2D eigenvalue weighted by Gasteiger charge is -2.14. The summed E-state index contributed by atoms with van der Waals surface area (Å²) in [7, 11) is -1.12. The van der Waals surface area contributed by atoms with Crippen molar-refractivity contribution in [2.75, 3.05) is 6.26 Å². The van der Waals surface area contributed by atoms with Crippen molar-refractivity contribution in [3.63, 3.8) is 0 Å². The van der Waals surface area contributed by atoms with Crippen LogP contribution in [0.5, 0.6) is 0 Å². The van der Waals surface area contributed by atoms with Gasteiger partial charge in [0.15, 0.2) is 0 Å². The highest BCUT2D eigenvalue weighted by molar-refractivity contribution is 7.84. The third kappa shape index (κ3) is 5.11. The Labute approximate surface area is 179 Å². The number of hydrogen-bond donors (Lipinski definition) is 1. The number of halogens is 3. The molecule has 31 heavy (non-hydrogen) atoms. The lowest BCUT2D eigenvalue weighted by Crippen LogP contribution is -2.33. The largest absolute Gasteiger partial charge is 0.416 e. The summed E-state index contributed by atoms with van der Waals surface area (Å²) in [6.07, 6.45) is -2.99. The van der Waals surface area contributed by atoms with Gasteiger partial charge in [-0.1, -0.05) is 18.2 Å². The lowest BCUT2D eigenvalue weighted by molar-refractivity contribution is -0.137. The van der Waals surface area contributed by atoms with Gasteiger partial charge in [-0.15, -0.1) is 0 Å². The van der Waals surface area contributed by atoms with Gasteiger partial charge >= 0.3 is 6.18 Å². The van der Waals surface area contributed by atoms with Crippen LogP contribution in [0, 0.1) is 6.92 Å². The summed E-state index contributed by atoms with van der Waals surface area (Å²) in [5.74, 6) is -0.645. The molecule has 0 aliphatic heterocycles. The fourth-order valence-electron chi connectivity index (χ4n) is 3.02. The molecule has 0 fully saturated rings. The standard InChI is InChI=1S/C22H19F3N2O3S/c1-14-6-11-19(20(28)26-13-15-7-9-18(10-8-15)31(2)30)21(29)27(14)17-5-3-4-16(12-17)22(23,24)25/h3-12H,13H2,1-2H3,(H,26,28). The van der Waals surface area contributed by atoms with Gasteiger partial charge < -0.3 is 5.32 Å². The van der Waals surface area contributed by atoms with Crippen molar-refractivity contribution in [2.24, 2.45) is 0 Å². The molecule has 0 bridgehead atoms. The summed E-state index contributed by atoms with van der Waals surface area (Å²) in [6.45, 7) is 1.70. The van der Waals surface area contributed by atoms with E-state index in [1.165, 1.54) is 24.3 Å². The quantitative estimate of drug-likeness (QED) is 0.645. The fourth-order valence-corrected chi connectivity index (χ4v) is 3.54. The topological polar surface area (TPSA) is 68.2 Å². The van der Waals surface area contributed by atoms with Crippen LogP contribution in [-0.4, -0.2) is 20.9 Å². The molecule has 1 aromatic heterocycles. The number of nitrogens with one attached hydrogen (secondary N) is 1. The van der Waals surface area contributed by atoms with E-state index in [9.17, 15) is 27.0 Å². The monoisotopic (exact) mass is 448 g/mol. The average molecular weight is 448 g/mol. The van der Waals surface area contributed by atoms with Gasteiger partial charge in [0.2, 0.25) is 0 Å². The Morgan fingerprint density at radius 2 is 1.74 bits per heavy atom. The van der Waals surface area contributed by atoms with Crippen molar-refractivity contribution < 1.29 is 22.2 Å². The van der Waals surface area contributed by atoms with Gasteiger partial charge in [0.25, 0.3) is 11.5 Å². The molecule has 2 aromatic carbocycles. The molecule has 1 atom stereocenters. The first-order chi connectivity index (χ1) is 14.6. The molecule has 0 saturated carbocycles. The summed E-state index contributed by atoms with van der Waals surface area (Å²) in [5.41, 5.74) is -0.627. The van der Waals surface area contributed by atoms with E-state index in [0.717, 1.165) is 22.3 Å². The number of alkyl halides is 3. The van der Waals surface area contributed by atoms with Gasteiger partial charge in [0.1, 0.15) is 5.56 Å². The molecule has 3 rings (SSSR count). The summed E-state index contributed by atoms with van der Waals surface area (Å²) >= 11 is 0. The Balaban J connectivity index is 1.87. The maximum absolute atomic E-state index is 13.1. The van der Waals surface area contributed by atoms with E-state index >= 15 is 0 Å². The first-order valence-electron chi connectivity index (χ1n) is 9.19. The van der Waals surface area contributed by atoms with Crippen LogP contribution < -0.4 is 10.9 Å². The van der Waals surface area contributed by atoms with E-state index < -0.39 is 34.0 Å². The minimum atomic E-state index is -4.55. The summed E-state index contributed by atoms with van der Waals surface area (Å²) < 4.78 is 51.7. The number of hydrogen-bond acceptors (Lipinski definition) is 3. The van der Waals surface area contributed by atoms with E-state index in [1.807, 2.05) is 0 Å². The van der Waals surface area contributed by atoms with Crippen LogP contribution >= 0.6 is 0 Å². The molecule has 0 aliphatic rings. The van der Waals surface area contributed by atoms with Crippen molar-refractivity contribution >= 4 is 16.7 Å². The summed E-state index contributed by atoms with van der Waals surface area (Å²) in [6, 6.07) is 14.0. The van der Waals surface area contributed by atoms with E-state index in [4.69, 9.17) is 0 Å². The summed E-state index contributed by atoms with van der Waals surface area (Å²) in [4.78, 5) is 26.1. The SMILES string of the molecule is Cc1ccc(C(=O)NCc2ccc(S(C)=O)cc2)c(=O)n1-c1cccc(C(F)(F)F)c1. The molecule has 0 saturated heterocycles. The number of carbonyl (C=O) groups excluding carboxylic acids is 1. The number of rotatable bonds is 5. The molecule has 1 unspecified atom stereocenters. The maximum atomic E-state index is 13.1.